The van der Waals surface area contributed by atoms with Gasteiger partial charge in [0.25, 0.3) is 5.91 Å². The van der Waals surface area contributed by atoms with Crippen LogP contribution in [0.3, 0.4) is 0 Å². The van der Waals surface area contributed by atoms with E-state index in [1.54, 1.807) is 0 Å². The van der Waals surface area contributed by atoms with Crippen LogP contribution >= 0.6 is 0 Å². The highest BCUT2D eigenvalue weighted by molar-refractivity contribution is 6.04. The molecule has 0 aliphatic heterocycles. The number of rotatable bonds is 9. The van der Waals surface area contributed by atoms with Gasteiger partial charge in [0.15, 0.2) is 0 Å². The molecule has 0 saturated heterocycles. The third kappa shape index (κ3) is 5.37. The van der Waals surface area contributed by atoms with E-state index in [0.29, 0.717) is 18.0 Å². The molecule has 3 aromatic rings. The molecule has 1 unspecified atom stereocenters. The number of aryl methyl sites for hydroxylation is 1. The van der Waals surface area contributed by atoms with Gasteiger partial charge in [0.1, 0.15) is 11.7 Å². The fraction of sp³-hybridized carbons (Fsp3) is 0.385. The topological polar surface area (TPSA) is 77.2 Å². The maximum Gasteiger partial charge on any atom is 0.268 e. The number of hydrogen-bond donors (Lipinski definition) is 3. The number of nitrogens with zero attached hydrogens (tertiary/aromatic N) is 1. The van der Waals surface area contributed by atoms with Crippen LogP contribution in [0.5, 0.6) is 0 Å². The van der Waals surface area contributed by atoms with Gasteiger partial charge in [-0.2, -0.15) is 0 Å². The van der Waals surface area contributed by atoms with Gasteiger partial charge < -0.3 is 20.5 Å². The quantitative estimate of drug-likeness (QED) is 0.467. The summed E-state index contributed by atoms with van der Waals surface area (Å²) in [6.07, 6.45) is 4.03. The molecule has 3 N–H and O–H groups in total. The molecule has 1 fully saturated rings. The summed E-state index contributed by atoms with van der Waals surface area (Å²) in [5, 5.41) is 7.00. The molecule has 1 aliphatic rings. The lowest BCUT2D eigenvalue weighted by molar-refractivity contribution is -0.118. The van der Waals surface area contributed by atoms with Gasteiger partial charge in [-0.3, -0.25) is 9.59 Å². The number of carbonyl (C=O) groups is 2. The number of H-pyrrole nitrogens is 1. The summed E-state index contributed by atoms with van der Waals surface area (Å²) in [6.45, 7) is 2.78. The first kappa shape index (κ1) is 22.1. The van der Waals surface area contributed by atoms with Gasteiger partial charge in [0, 0.05) is 23.1 Å². The van der Waals surface area contributed by atoms with Gasteiger partial charge in [-0.1, -0.05) is 43.2 Å². The third-order valence-corrected chi connectivity index (χ3v) is 6.10. The van der Waals surface area contributed by atoms with Crippen LogP contribution in [-0.2, 0) is 11.3 Å². The molecule has 1 saturated carbocycles. The number of aromatic amines is 1. The second-order valence-corrected chi connectivity index (χ2v) is 9.14. The standard InChI is InChI=1S/C26H32N4O2/c1-17-21-6-4-5-7-22(21)28-24(17)26(32)29-23(15-12-18-8-9-18)25(31)27-20-13-10-19(11-14-20)16-30(2)3/h4-7,10-11,13-14,18,23,28H,8-9,12,15-16H2,1-3H3,(H,27,31)(H,29,32). The predicted molar refractivity (Wildman–Crippen MR) is 129 cm³/mol. The van der Waals surface area contributed by atoms with Gasteiger partial charge >= 0.3 is 0 Å². The molecule has 1 heterocycles. The fourth-order valence-electron chi connectivity index (χ4n) is 4.11. The summed E-state index contributed by atoms with van der Waals surface area (Å²) >= 11 is 0. The van der Waals surface area contributed by atoms with Crippen LogP contribution in [0.4, 0.5) is 5.69 Å². The average molecular weight is 433 g/mol. The maximum atomic E-state index is 13.1. The highest BCUT2D eigenvalue weighted by Crippen LogP contribution is 2.34. The van der Waals surface area contributed by atoms with Crippen LogP contribution in [0.25, 0.3) is 10.9 Å². The molecule has 4 rings (SSSR count). The first-order valence-corrected chi connectivity index (χ1v) is 11.3. The summed E-state index contributed by atoms with van der Waals surface area (Å²) in [6, 6.07) is 15.1. The van der Waals surface area contributed by atoms with Crippen molar-refractivity contribution in [1.29, 1.82) is 0 Å². The van der Waals surface area contributed by atoms with Crippen molar-refractivity contribution < 1.29 is 9.59 Å². The van der Waals surface area contributed by atoms with Crippen molar-refractivity contribution in [3.8, 4) is 0 Å². The van der Waals surface area contributed by atoms with E-state index in [-0.39, 0.29) is 11.8 Å². The Bertz CT molecular complexity index is 1100. The molecule has 1 atom stereocenters. The minimum absolute atomic E-state index is 0.173. The zero-order chi connectivity index (χ0) is 22.7. The van der Waals surface area contributed by atoms with Crippen molar-refractivity contribution in [2.75, 3.05) is 19.4 Å². The van der Waals surface area contributed by atoms with E-state index >= 15 is 0 Å². The van der Waals surface area contributed by atoms with Gasteiger partial charge in [0.2, 0.25) is 5.91 Å². The zero-order valence-corrected chi connectivity index (χ0v) is 19.1. The third-order valence-electron chi connectivity index (χ3n) is 6.10. The van der Waals surface area contributed by atoms with Crippen LogP contribution in [0.1, 0.15) is 47.3 Å². The molecule has 0 spiro atoms. The molecule has 1 aliphatic carbocycles. The molecule has 2 aromatic carbocycles. The number of amides is 2. The number of benzene rings is 2. The summed E-state index contributed by atoms with van der Waals surface area (Å²) in [5.41, 5.74) is 4.26. The summed E-state index contributed by atoms with van der Waals surface area (Å²) in [4.78, 5) is 31.5. The molecule has 168 valence electrons. The Hall–Kier alpha value is -3.12. The molecule has 6 nitrogen and oxygen atoms in total. The zero-order valence-electron chi connectivity index (χ0n) is 19.1. The molecular weight excluding hydrogens is 400 g/mol. The highest BCUT2D eigenvalue weighted by Gasteiger charge is 2.28. The normalized spacial score (nSPS) is 14.5. The van der Waals surface area contributed by atoms with Crippen molar-refractivity contribution in [3.63, 3.8) is 0 Å². The van der Waals surface area contributed by atoms with E-state index in [2.05, 4.69) is 20.5 Å². The number of fused-ring (bicyclic) bond motifs is 1. The molecule has 6 heteroatoms. The van der Waals surface area contributed by atoms with Crippen LogP contribution in [0, 0.1) is 12.8 Å². The van der Waals surface area contributed by atoms with Gasteiger partial charge in [-0.25, -0.2) is 0 Å². The highest BCUT2D eigenvalue weighted by atomic mass is 16.2. The van der Waals surface area contributed by atoms with Crippen LogP contribution in [0.15, 0.2) is 48.5 Å². The minimum Gasteiger partial charge on any atom is -0.350 e. The Morgan fingerprint density at radius 1 is 1.09 bits per heavy atom. The van der Waals surface area contributed by atoms with Crippen molar-refractivity contribution in [2.45, 2.75) is 45.2 Å². The van der Waals surface area contributed by atoms with Crippen LogP contribution in [0.2, 0.25) is 0 Å². The number of hydrogen-bond acceptors (Lipinski definition) is 3. The fourth-order valence-corrected chi connectivity index (χ4v) is 4.11. The van der Waals surface area contributed by atoms with Crippen molar-refractivity contribution in [3.05, 3.63) is 65.4 Å². The minimum atomic E-state index is -0.574. The van der Waals surface area contributed by atoms with Crippen molar-refractivity contribution >= 4 is 28.4 Å². The second-order valence-electron chi connectivity index (χ2n) is 9.14. The lowest BCUT2D eigenvalue weighted by atomic mass is 10.1. The maximum absolute atomic E-state index is 13.1. The predicted octanol–water partition coefficient (Wildman–Crippen LogP) is 4.47. The van der Waals surface area contributed by atoms with E-state index in [0.717, 1.165) is 35.1 Å². The number of carbonyl (C=O) groups excluding carboxylic acids is 2. The average Bonchev–Trinajstić information content (AvgIpc) is 3.54. The van der Waals surface area contributed by atoms with Gasteiger partial charge in [0.05, 0.1) is 0 Å². The smallest absolute Gasteiger partial charge is 0.268 e. The van der Waals surface area contributed by atoms with Gasteiger partial charge in [-0.15, -0.1) is 0 Å². The molecule has 0 bridgehead atoms. The number of anilines is 1. The Labute approximate surface area is 189 Å². The Kier molecular flexibility index (Phi) is 6.61. The first-order valence-electron chi connectivity index (χ1n) is 11.3. The SMILES string of the molecule is Cc1c(C(=O)NC(CCC2CC2)C(=O)Nc2ccc(CN(C)C)cc2)[nH]c2ccccc12. The van der Waals surface area contributed by atoms with Crippen LogP contribution in [-0.4, -0.2) is 41.8 Å². The van der Waals surface area contributed by atoms with E-state index < -0.39 is 6.04 Å². The van der Waals surface area contributed by atoms with Crippen LogP contribution < -0.4 is 10.6 Å². The Morgan fingerprint density at radius 3 is 2.47 bits per heavy atom. The molecule has 32 heavy (non-hydrogen) atoms. The van der Waals surface area contributed by atoms with E-state index in [9.17, 15) is 9.59 Å². The van der Waals surface area contributed by atoms with Crippen molar-refractivity contribution in [2.24, 2.45) is 5.92 Å². The number of nitrogens with one attached hydrogen (secondary N) is 3. The summed E-state index contributed by atoms with van der Waals surface area (Å²) in [7, 11) is 4.05. The van der Waals surface area contributed by atoms with E-state index in [1.165, 1.54) is 18.4 Å². The second kappa shape index (κ2) is 9.57. The van der Waals surface area contributed by atoms with E-state index in [1.807, 2.05) is 69.6 Å². The molecule has 0 radical (unpaired) electrons. The lowest BCUT2D eigenvalue weighted by Crippen LogP contribution is -2.44. The molecular formula is C26H32N4O2. The first-order chi connectivity index (χ1) is 15.4. The Morgan fingerprint density at radius 2 is 1.81 bits per heavy atom. The number of para-hydroxylation sites is 1. The molecule has 2 amide bonds. The van der Waals surface area contributed by atoms with Crippen molar-refractivity contribution in [1.82, 2.24) is 15.2 Å². The molecule has 1 aromatic heterocycles. The Balaban J connectivity index is 1.46. The monoisotopic (exact) mass is 432 g/mol. The summed E-state index contributed by atoms with van der Waals surface area (Å²) in [5.74, 6) is 0.270. The summed E-state index contributed by atoms with van der Waals surface area (Å²) < 4.78 is 0. The number of aromatic nitrogens is 1. The van der Waals surface area contributed by atoms with Gasteiger partial charge in [-0.05, 0) is 69.1 Å². The van der Waals surface area contributed by atoms with E-state index in [4.69, 9.17) is 0 Å². The lowest BCUT2D eigenvalue weighted by Gasteiger charge is -2.19. The largest absolute Gasteiger partial charge is 0.350 e.